The maximum Gasteiger partial charge on any atom is 0.162 e. The number of rotatable bonds is 3. The lowest BCUT2D eigenvalue weighted by Gasteiger charge is -2.35. The molecule has 22 heavy (non-hydrogen) atoms. The Morgan fingerprint density at radius 3 is 3.05 bits per heavy atom. The standard InChI is InChI=1S/C17H19ClN2O2/c1-11(21)14-9-15(18)13-6-3-7-19-16(13)17(14)20-8-4-5-12(10-20)22-2/h3,6-7,9,12H,4-5,8,10H2,1-2H3. The summed E-state index contributed by atoms with van der Waals surface area (Å²) >= 11 is 6.34. The van der Waals surface area contributed by atoms with E-state index in [0.29, 0.717) is 10.6 Å². The molecule has 116 valence electrons. The Morgan fingerprint density at radius 1 is 1.50 bits per heavy atom. The van der Waals surface area contributed by atoms with E-state index in [1.54, 1.807) is 26.3 Å². The first-order valence-electron chi connectivity index (χ1n) is 7.47. The topological polar surface area (TPSA) is 42.4 Å². The van der Waals surface area contributed by atoms with E-state index in [1.807, 2.05) is 12.1 Å². The Hall–Kier alpha value is -1.65. The molecule has 0 spiro atoms. The van der Waals surface area contributed by atoms with Crippen molar-refractivity contribution in [2.45, 2.75) is 25.9 Å². The molecule has 1 fully saturated rings. The molecule has 1 aliphatic rings. The lowest BCUT2D eigenvalue weighted by atomic mass is 10.0. The first-order chi connectivity index (χ1) is 10.6. The number of carbonyl (C=O) groups excluding carboxylic acids is 1. The van der Waals surface area contributed by atoms with Crippen LogP contribution in [0.4, 0.5) is 5.69 Å². The average molecular weight is 319 g/mol. The molecule has 0 amide bonds. The predicted molar refractivity (Wildman–Crippen MR) is 89.0 cm³/mol. The van der Waals surface area contributed by atoms with Crippen LogP contribution in [-0.2, 0) is 4.74 Å². The van der Waals surface area contributed by atoms with Gasteiger partial charge in [0.25, 0.3) is 0 Å². The van der Waals surface area contributed by atoms with Crippen molar-refractivity contribution in [2.24, 2.45) is 0 Å². The second kappa shape index (κ2) is 6.23. The summed E-state index contributed by atoms with van der Waals surface area (Å²) < 4.78 is 5.51. The minimum absolute atomic E-state index is 0.00370. The molecule has 0 aliphatic carbocycles. The molecule has 1 saturated heterocycles. The van der Waals surface area contributed by atoms with Crippen LogP contribution >= 0.6 is 11.6 Å². The molecule has 1 unspecified atom stereocenters. The van der Waals surface area contributed by atoms with E-state index >= 15 is 0 Å². The van der Waals surface area contributed by atoms with E-state index < -0.39 is 0 Å². The molecule has 1 aromatic heterocycles. The third kappa shape index (κ3) is 2.69. The highest BCUT2D eigenvalue weighted by molar-refractivity contribution is 6.36. The highest BCUT2D eigenvalue weighted by atomic mass is 35.5. The van der Waals surface area contributed by atoms with Gasteiger partial charge in [0, 0.05) is 37.3 Å². The van der Waals surface area contributed by atoms with E-state index in [2.05, 4.69) is 9.88 Å². The Kier molecular flexibility index (Phi) is 4.32. The van der Waals surface area contributed by atoms with Crippen molar-refractivity contribution in [3.63, 3.8) is 0 Å². The number of piperidine rings is 1. The van der Waals surface area contributed by atoms with Gasteiger partial charge in [0.15, 0.2) is 5.78 Å². The number of methoxy groups -OCH3 is 1. The van der Waals surface area contributed by atoms with Gasteiger partial charge >= 0.3 is 0 Å². The summed E-state index contributed by atoms with van der Waals surface area (Å²) in [5, 5.41) is 1.45. The summed E-state index contributed by atoms with van der Waals surface area (Å²) in [5.41, 5.74) is 2.30. The zero-order valence-electron chi connectivity index (χ0n) is 12.8. The molecule has 2 heterocycles. The quantitative estimate of drug-likeness (QED) is 0.809. The monoisotopic (exact) mass is 318 g/mol. The number of benzene rings is 1. The molecular formula is C17H19ClN2O2. The number of halogens is 1. The number of aromatic nitrogens is 1. The normalized spacial score (nSPS) is 18.7. The number of ketones is 1. The van der Waals surface area contributed by atoms with Gasteiger partial charge in [0.2, 0.25) is 0 Å². The van der Waals surface area contributed by atoms with Crippen LogP contribution in [0, 0.1) is 0 Å². The number of carbonyl (C=O) groups is 1. The Bertz CT molecular complexity index is 717. The highest BCUT2D eigenvalue weighted by Gasteiger charge is 2.25. The molecule has 0 radical (unpaired) electrons. The number of nitrogens with zero attached hydrogens (tertiary/aromatic N) is 2. The number of anilines is 1. The summed E-state index contributed by atoms with van der Waals surface area (Å²) in [6, 6.07) is 5.56. The molecule has 4 nitrogen and oxygen atoms in total. The van der Waals surface area contributed by atoms with Crippen molar-refractivity contribution in [1.29, 1.82) is 0 Å². The largest absolute Gasteiger partial charge is 0.380 e. The fourth-order valence-electron chi connectivity index (χ4n) is 3.11. The van der Waals surface area contributed by atoms with E-state index in [0.717, 1.165) is 42.5 Å². The molecule has 5 heteroatoms. The summed E-state index contributed by atoms with van der Waals surface area (Å²) in [4.78, 5) is 18.8. The van der Waals surface area contributed by atoms with Crippen LogP contribution < -0.4 is 4.90 Å². The molecule has 2 aromatic rings. The zero-order chi connectivity index (χ0) is 15.7. The number of hydrogen-bond acceptors (Lipinski definition) is 4. The lowest BCUT2D eigenvalue weighted by molar-refractivity contribution is 0.0891. The summed E-state index contributed by atoms with van der Waals surface area (Å²) in [7, 11) is 1.73. The van der Waals surface area contributed by atoms with Crippen LogP contribution in [0.3, 0.4) is 0 Å². The Balaban J connectivity index is 2.19. The van der Waals surface area contributed by atoms with Gasteiger partial charge < -0.3 is 9.64 Å². The number of ether oxygens (including phenoxy) is 1. The SMILES string of the molecule is COC1CCCN(c2c(C(C)=O)cc(Cl)c3cccnc23)C1. The van der Waals surface area contributed by atoms with Crippen LogP contribution in [0.25, 0.3) is 10.9 Å². The van der Waals surface area contributed by atoms with Crippen LogP contribution in [-0.4, -0.2) is 37.1 Å². The molecule has 3 rings (SSSR count). The van der Waals surface area contributed by atoms with Crippen LogP contribution in [0.2, 0.25) is 5.02 Å². The Morgan fingerprint density at radius 2 is 2.32 bits per heavy atom. The van der Waals surface area contributed by atoms with Gasteiger partial charge in [-0.2, -0.15) is 0 Å². The summed E-state index contributed by atoms with van der Waals surface area (Å²) in [5.74, 6) is 0.00370. The fraction of sp³-hybridized carbons (Fsp3) is 0.412. The van der Waals surface area contributed by atoms with Crippen molar-refractivity contribution < 1.29 is 9.53 Å². The van der Waals surface area contributed by atoms with Crippen molar-refractivity contribution in [3.05, 3.63) is 35.0 Å². The molecule has 0 N–H and O–H groups in total. The molecule has 1 aromatic carbocycles. The number of hydrogen-bond donors (Lipinski definition) is 0. The van der Waals surface area contributed by atoms with Crippen molar-refractivity contribution in [2.75, 3.05) is 25.1 Å². The van der Waals surface area contributed by atoms with Gasteiger partial charge in [-0.05, 0) is 38.0 Å². The van der Waals surface area contributed by atoms with Crippen molar-refractivity contribution >= 4 is 34.0 Å². The van der Waals surface area contributed by atoms with Gasteiger partial charge in [-0.1, -0.05) is 11.6 Å². The maximum atomic E-state index is 12.1. The zero-order valence-corrected chi connectivity index (χ0v) is 13.6. The third-order valence-corrected chi connectivity index (χ3v) is 4.54. The molecule has 0 bridgehead atoms. The van der Waals surface area contributed by atoms with Crippen molar-refractivity contribution in [3.8, 4) is 0 Å². The number of fused-ring (bicyclic) bond motifs is 1. The Labute approximate surface area is 135 Å². The van der Waals surface area contributed by atoms with Gasteiger partial charge in [-0.25, -0.2) is 0 Å². The van der Waals surface area contributed by atoms with Crippen LogP contribution in [0.5, 0.6) is 0 Å². The average Bonchev–Trinajstić information content (AvgIpc) is 2.54. The van der Waals surface area contributed by atoms with E-state index in [1.165, 1.54) is 0 Å². The first-order valence-corrected chi connectivity index (χ1v) is 7.85. The smallest absolute Gasteiger partial charge is 0.162 e. The minimum atomic E-state index is 0.00370. The minimum Gasteiger partial charge on any atom is -0.380 e. The van der Waals surface area contributed by atoms with Gasteiger partial charge in [0.1, 0.15) is 0 Å². The first kappa shape index (κ1) is 15.3. The molecular weight excluding hydrogens is 300 g/mol. The fourth-order valence-corrected chi connectivity index (χ4v) is 3.37. The van der Waals surface area contributed by atoms with Crippen molar-refractivity contribution in [1.82, 2.24) is 4.98 Å². The second-order valence-corrected chi connectivity index (χ2v) is 6.06. The predicted octanol–water partition coefficient (Wildman–Crippen LogP) is 3.71. The molecule has 1 atom stereocenters. The third-order valence-electron chi connectivity index (χ3n) is 4.22. The highest BCUT2D eigenvalue weighted by Crippen LogP contribution is 2.36. The molecule has 0 saturated carbocycles. The van der Waals surface area contributed by atoms with Crippen LogP contribution in [0.1, 0.15) is 30.1 Å². The van der Waals surface area contributed by atoms with Gasteiger partial charge in [-0.15, -0.1) is 0 Å². The molecule has 1 aliphatic heterocycles. The van der Waals surface area contributed by atoms with Crippen LogP contribution in [0.15, 0.2) is 24.4 Å². The second-order valence-electron chi connectivity index (χ2n) is 5.66. The van der Waals surface area contributed by atoms with Gasteiger partial charge in [-0.3, -0.25) is 9.78 Å². The number of Topliss-reactive ketones (excluding diaryl/α,β-unsaturated/α-hetero) is 1. The van der Waals surface area contributed by atoms with E-state index in [4.69, 9.17) is 16.3 Å². The number of pyridine rings is 1. The van der Waals surface area contributed by atoms with E-state index in [9.17, 15) is 4.79 Å². The maximum absolute atomic E-state index is 12.1. The summed E-state index contributed by atoms with van der Waals surface area (Å²) in [6.07, 6.45) is 4.00. The lowest BCUT2D eigenvalue weighted by Crippen LogP contribution is -2.40. The van der Waals surface area contributed by atoms with E-state index in [-0.39, 0.29) is 11.9 Å². The summed E-state index contributed by atoms with van der Waals surface area (Å²) in [6.45, 7) is 3.24. The van der Waals surface area contributed by atoms with Gasteiger partial charge in [0.05, 0.1) is 22.3 Å².